The molecule has 0 saturated carbocycles. The summed E-state index contributed by atoms with van der Waals surface area (Å²) in [6.07, 6.45) is 2.57. The molecular weight excluding hydrogens is 249 g/mol. The van der Waals surface area contributed by atoms with Gasteiger partial charge in [-0.05, 0) is 23.8 Å². The molecule has 2 rings (SSSR count). The normalized spacial score (nSPS) is 12.3. The molecule has 2 aromatic heterocycles. The Morgan fingerprint density at radius 3 is 3.00 bits per heavy atom. The van der Waals surface area contributed by atoms with Crippen LogP contribution in [0.25, 0.3) is 0 Å². The Balaban J connectivity index is 2.51. The van der Waals surface area contributed by atoms with Crippen LogP contribution in [0.3, 0.4) is 0 Å². The molecule has 19 heavy (non-hydrogen) atoms. The number of hydrogen-bond acceptors (Lipinski definition) is 4. The maximum atomic E-state index is 13.3. The molecule has 0 aromatic carbocycles. The molecular formula is C13H14FN3O2. The Bertz CT molecular complexity index is 627. The van der Waals surface area contributed by atoms with Crippen LogP contribution in [-0.4, -0.2) is 23.7 Å². The molecule has 1 unspecified atom stereocenters. The Morgan fingerprint density at radius 2 is 2.32 bits per heavy atom. The lowest BCUT2D eigenvalue weighted by Gasteiger charge is -2.16. The van der Waals surface area contributed by atoms with Gasteiger partial charge in [0.1, 0.15) is 11.6 Å². The topological polar surface area (TPSA) is 81.0 Å². The third-order valence-electron chi connectivity index (χ3n) is 2.81. The number of nitrogens with zero attached hydrogens (tertiary/aromatic N) is 1. The van der Waals surface area contributed by atoms with Gasteiger partial charge in [-0.3, -0.25) is 4.79 Å². The van der Waals surface area contributed by atoms with E-state index >= 15 is 0 Å². The van der Waals surface area contributed by atoms with Crippen LogP contribution < -0.4 is 11.3 Å². The molecule has 2 aromatic rings. The van der Waals surface area contributed by atoms with E-state index in [4.69, 9.17) is 10.5 Å². The predicted octanol–water partition coefficient (Wildman–Crippen LogP) is 1.27. The molecule has 0 radical (unpaired) electrons. The first kappa shape index (κ1) is 13.2. The lowest BCUT2D eigenvalue weighted by molar-refractivity contribution is 0.189. The Hall–Kier alpha value is -2.21. The minimum Gasteiger partial charge on any atom is -0.384 e. The maximum Gasteiger partial charge on any atom is 0.252 e. The summed E-state index contributed by atoms with van der Waals surface area (Å²) in [4.78, 5) is 18.1. The second kappa shape index (κ2) is 5.62. The van der Waals surface area contributed by atoms with Gasteiger partial charge in [0.15, 0.2) is 0 Å². The van der Waals surface area contributed by atoms with Crippen LogP contribution >= 0.6 is 0 Å². The highest BCUT2D eigenvalue weighted by Gasteiger charge is 2.18. The van der Waals surface area contributed by atoms with E-state index in [-0.39, 0.29) is 12.2 Å². The number of pyridine rings is 2. The summed E-state index contributed by atoms with van der Waals surface area (Å²) in [6, 6.07) is 4.58. The molecule has 0 bridgehead atoms. The van der Waals surface area contributed by atoms with Crippen LogP contribution in [0.5, 0.6) is 0 Å². The van der Waals surface area contributed by atoms with E-state index in [1.807, 2.05) is 0 Å². The minimum atomic E-state index is -0.502. The number of aromatic amines is 1. The van der Waals surface area contributed by atoms with E-state index in [1.165, 1.54) is 13.2 Å². The van der Waals surface area contributed by atoms with Crippen LogP contribution in [0.4, 0.5) is 10.2 Å². The molecule has 0 saturated heterocycles. The highest BCUT2D eigenvalue weighted by atomic mass is 19.1. The Labute approximate surface area is 109 Å². The van der Waals surface area contributed by atoms with E-state index < -0.39 is 11.7 Å². The third-order valence-corrected chi connectivity index (χ3v) is 2.81. The molecule has 0 amide bonds. The molecule has 1 atom stereocenters. The summed E-state index contributed by atoms with van der Waals surface area (Å²) in [5, 5.41) is 0. The smallest absolute Gasteiger partial charge is 0.252 e. The number of halogens is 1. The van der Waals surface area contributed by atoms with Crippen molar-refractivity contribution in [2.24, 2.45) is 0 Å². The van der Waals surface area contributed by atoms with Crippen LogP contribution in [0, 0.1) is 5.82 Å². The number of H-pyrrole nitrogens is 1. The first-order valence-corrected chi connectivity index (χ1v) is 5.70. The molecule has 0 aliphatic heterocycles. The van der Waals surface area contributed by atoms with E-state index in [9.17, 15) is 9.18 Å². The number of nitrogen functional groups attached to an aromatic ring is 1. The van der Waals surface area contributed by atoms with E-state index in [1.54, 1.807) is 18.3 Å². The fourth-order valence-electron chi connectivity index (χ4n) is 1.95. The number of anilines is 1. The highest BCUT2D eigenvalue weighted by Crippen LogP contribution is 2.23. The van der Waals surface area contributed by atoms with Gasteiger partial charge in [0.25, 0.3) is 5.56 Å². The fourth-order valence-corrected chi connectivity index (χ4v) is 1.95. The van der Waals surface area contributed by atoms with Gasteiger partial charge in [0, 0.05) is 31.0 Å². The van der Waals surface area contributed by atoms with Crippen molar-refractivity contribution in [1.29, 1.82) is 0 Å². The highest BCUT2D eigenvalue weighted by molar-refractivity contribution is 5.38. The number of nitrogens with one attached hydrogen (secondary N) is 1. The number of rotatable bonds is 4. The summed E-state index contributed by atoms with van der Waals surface area (Å²) >= 11 is 0. The molecule has 2 heterocycles. The van der Waals surface area contributed by atoms with Crippen molar-refractivity contribution < 1.29 is 9.13 Å². The summed E-state index contributed by atoms with van der Waals surface area (Å²) in [5.74, 6) is -0.557. The SMILES string of the molecule is COCC(c1ccnc(N)c1)c1cc(F)c[nH]c1=O. The van der Waals surface area contributed by atoms with Gasteiger partial charge in [0.05, 0.1) is 6.61 Å². The lowest BCUT2D eigenvalue weighted by Crippen LogP contribution is -2.20. The van der Waals surface area contributed by atoms with Crippen molar-refractivity contribution in [2.75, 3.05) is 19.5 Å². The van der Waals surface area contributed by atoms with Gasteiger partial charge in [-0.1, -0.05) is 0 Å². The number of nitrogens with two attached hydrogens (primary N) is 1. The lowest BCUT2D eigenvalue weighted by atomic mass is 9.93. The van der Waals surface area contributed by atoms with Gasteiger partial charge in [0.2, 0.25) is 0 Å². The van der Waals surface area contributed by atoms with Crippen molar-refractivity contribution in [1.82, 2.24) is 9.97 Å². The quantitative estimate of drug-likeness (QED) is 0.870. The molecule has 0 fully saturated rings. The van der Waals surface area contributed by atoms with Gasteiger partial charge >= 0.3 is 0 Å². The summed E-state index contributed by atoms with van der Waals surface area (Å²) in [6.45, 7) is 0.246. The van der Waals surface area contributed by atoms with Gasteiger partial charge in [-0.25, -0.2) is 9.37 Å². The first-order valence-electron chi connectivity index (χ1n) is 5.70. The molecule has 6 heteroatoms. The zero-order valence-corrected chi connectivity index (χ0v) is 10.4. The van der Waals surface area contributed by atoms with Crippen molar-refractivity contribution in [3.63, 3.8) is 0 Å². The van der Waals surface area contributed by atoms with E-state index in [0.29, 0.717) is 11.4 Å². The molecule has 0 aliphatic carbocycles. The zero-order valence-electron chi connectivity index (χ0n) is 10.4. The van der Waals surface area contributed by atoms with E-state index in [2.05, 4.69) is 9.97 Å². The predicted molar refractivity (Wildman–Crippen MR) is 69.4 cm³/mol. The number of hydrogen-bond donors (Lipinski definition) is 2. The standard InChI is InChI=1S/C13H14FN3O2/c1-19-7-11(8-2-3-16-12(15)4-8)10-5-9(14)6-17-13(10)18/h2-6,11H,7H2,1H3,(H2,15,16)(H,17,18). The molecule has 100 valence electrons. The largest absolute Gasteiger partial charge is 0.384 e. The maximum absolute atomic E-state index is 13.3. The summed E-state index contributed by atoms with van der Waals surface area (Å²) in [5.41, 5.74) is 6.33. The number of ether oxygens (including phenoxy) is 1. The van der Waals surface area contributed by atoms with E-state index in [0.717, 1.165) is 11.8 Å². The van der Waals surface area contributed by atoms with Crippen LogP contribution in [-0.2, 0) is 4.74 Å². The minimum absolute atomic E-state index is 0.246. The van der Waals surface area contributed by atoms with Crippen molar-refractivity contribution >= 4 is 5.82 Å². The molecule has 3 N–H and O–H groups in total. The van der Waals surface area contributed by atoms with Gasteiger partial charge < -0.3 is 15.5 Å². The monoisotopic (exact) mass is 263 g/mol. The second-order valence-corrected chi connectivity index (χ2v) is 4.12. The van der Waals surface area contributed by atoms with Crippen molar-refractivity contribution in [3.05, 3.63) is 57.9 Å². The Morgan fingerprint density at radius 1 is 1.53 bits per heavy atom. The van der Waals surface area contributed by atoms with Crippen LogP contribution in [0.1, 0.15) is 17.0 Å². The van der Waals surface area contributed by atoms with Crippen LogP contribution in [0.2, 0.25) is 0 Å². The Kier molecular flexibility index (Phi) is 3.91. The number of aromatic nitrogens is 2. The third kappa shape index (κ3) is 2.97. The number of methoxy groups -OCH3 is 1. The van der Waals surface area contributed by atoms with Crippen LogP contribution in [0.15, 0.2) is 35.4 Å². The summed E-state index contributed by atoms with van der Waals surface area (Å²) in [7, 11) is 1.52. The first-order chi connectivity index (χ1) is 9.11. The van der Waals surface area contributed by atoms with Gasteiger partial charge in [-0.15, -0.1) is 0 Å². The second-order valence-electron chi connectivity index (χ2n) is 4.12. The summed E-state index contributed by atoms with van der Waals surface area (Å²) < 4.78 is 18.4. The fraction of sp³-hybridized carbons (Fsp3) is 0.231. The van der Waals surface area contributed by atoms with Crippen molar-refractivity contribution in [2.45, 2.75) is 5.92 Å². The van der Waals surface area contributed by atoms with Gasteiger partial charge in [-0.2, -0.15) is 0 Å². The average Bonchev–Trinajstić information content (AvgIpc) is 2.39. The average molecular weight is 263 g/mol. The molecule has 0 spiro atoms. The van der Waals surface area contributed by atoms with Crippen molar-refractivity contribution in [3.8, 4) is 0 Å². The molecule has 5 nitrogen and oxygen atoms in total. The zero-order chi connectivity index (χ0) is 13.8. The molecule has 0 aliphatic rings.